The summed E-state index contributed by atoms with van der Waals surface area (Å²) in [5.74, 6) is 0.471. The molecule has 1 aliphatic rings. The topological polar surface area (TPSA) is 46.5 Å². The van der Waals surface area contributed by atoms with Crippen molar-refractivity contribution >= 4 is 5.97 Å². The minimum Gasteiger partial charge on any atom is -0.465 e. The van der Waals surface area contributed by atoms with Crippen molar-refractivity contribution in [2.24, 2.45) is 11.8 Å². The maximum absolute atomic E-state index is 12.6. The normalized spacial score (nSPS) is 21.5. The first-order valence-electron chi connectivity index (χ1n) is 11.5. The molecule has 0 aromatic rings. The molecular weight excluding hydrogens is 324 g/mol. The molecule has 0 bridgehead atoms. The summed E-state index contributed by atoms with van der Waals surface area (Å²) >= 11 is 0. The quantitative estimate of drug-likeness (QED) is 0.268. The minimum atomic E-state index is -0.194. The number of ether oxygens (including phenoxy) is 1. The average molecular weight is 369 g/mol. The van der Waals surface area contributed by atoms with Gasteiger partial charge in [0.1, 0.15) is 0 Å². The molecule has 0 aromatic carbocycles. The third kappa shape index (κ3) is 11.2. The Morgan fingerprint density at radius 1 is 0.923 bits per heavy atom. The van der Waals surface area contributed by atoms with Crippen LogP contribution in [-0.4, -0.2) is 23.8 Å². The number of carbonyl (C=O) groups excluding carboxylic acids is 1. The highest BCUT2D eigenvalue weighted by Crippen LogP contribution is 2.26. The highest BCUT2D eigenvalue weighted by atomic mass is 16.5. The lowest BCUT2D eigenvalue weighted by molar-refractivity contribution is -0.151. The van der Waals surface area contributed by atoms with E-state index in [9.17, 15) is 9.90 Å². The average Bonchev–Trinajstić information content (AvgIpc) is 2.64. The molecule has 26 heavy (non-hydrogen) atoms. The van der Waals surface area contributed by atoms with E-state index in [-0.39, 0.29) is 18.0 Å². The fourth-order valence-corrected chi connectivity index (χ4v) is 4.10. The van der Waals surface area contributed by atoms with Gasteiger partial charge in [0.25, 0.3) is 0 Å². The molecule has 0 radical (unpaired) electrons. The molecule has 1 rings (SSSR count). The van der Waals surface area contributed by atoms with Gasteiger partial charge in [-0.3, -0.25) is 4.79 Å². The molecular formula is C23H44O3. The summed E-state index contributed by atoms with van der Waals surface area (Å²) in [5, 5.41) is 9.78. The molecule has 154 valence electrons. The van der Waals surface area contributed by atoms with Crippen molar-refractivity contribution in [3.05, 3.63) is 0 Å². The molecule has 1 aliphatic carbocycles. The second-order valence-electron chi connectivity index (χ2n) is 8.42. The number of unbranched alkanes of at least 4 members (excludes halogenated alkanes) is 8. The van der Waals surface area contributed by atoms with E-state index in [0.717, 1.165) is 51.4 Å². The molecule has 0 aromatic heterocycles. The van der Waals surface area contributed by atoms with Gasteiger partial charge in [-0.25, -0.2) is 0 Å². The van der Waals surface area contributed by atoms with Crippen molar-refractivity contribution < 1.29 is 14.6 Å². The molecule has 3 heteroatoms. The lowest BCUT2D eigenvalue weighted by Gasteiger charge is -2.26. The second kappa shape index (κ2) is 15.5. The standard InChI is InChI=1S/C23H44O3/c1-3-5-7-9-10-12-16-21(15-11-8-6-4-2)23(25)26-19-20-14-13-17-22(24)18-20/h20-22,24H,3-19H2,1-2H3. The van der Waals surface area contributed by atoms with Gasteiger partial charge in [0.05, 0.1) is 18.6 Å². The molecule has 0 aliphatic heterocycles. The molecule has 0 heterocycles. The van der Waals surface area contributed by atoms with Crippen LogP contribution in [0.4, 0.5) is 0 Å². The van der Waals surface area contributed by atoms with Crippen LogP contribution in [0, 0.1) is 11.8 Å². The molecule has 1 saturated carbocycles. The van der Waals surface area contributed by atoms with Crippen LogP contribution in [0.25, 0.3) is 0 Å². The van der Waals surface area contributed by atoms with Crippen LogP contribution in [0.15, 0.2) is 0 Å². The Labute approximate surface area is 162 Å². The van der Waals surface area contributed by atoms with E-state index in [1.54, 1.807) is 0 Å². The van der Waals surface area contributed by atoms with Crippen molar-refractivity contribution in [1.29, 1.82) is 0 Å². The van der Waals surface area contributed by atoms with Gasteiger partial charge in [-0.15, -0.1) is 0 Å². The molecule has 0 saturated heterocycles. The van der Waals surface area contributed by atoms with E-state index < -0.39 is 0 Å². The zero-order chi connectivity index (χ0) is 19.0. The smallest absolute Gasteiger partial charge is 0.308 e. The maximum atomic E-state index is 12.6. The number of esters is 1. The first-order chi connectivity index (χ1) is 12.7. The number of hydrogen-bond acceptors (Lipinski definition) is 3. The van der Waals surface area contributed by atoms with Crippen LogP contribution < -0.4 is 0 Å². The summed E-state index contributed by atoms with van der Waals surface area (Å²) in [6.45, 7) is 4.98. The number of aliphatic hydroxyl groups excluding tert-OH is 1. The van der Waals surface area contributed by atoms with Gasteiger partial charge in [-0.2, -0.15) is 0 Å². The van der Waals surface area contributed by atoms with E-state index in [1.807, 2.05) is 0 Å². The van der Waals surface area contributed by atoms with Gasteiger partial charge >= 0.3 is 5.97 Å². The second-order valence-corrected chi connectivity index (χ2v) is 8.42. The Morgan fingerprint density at radius 3 is 2.12 bits per heavy atom. The molecule has 1 fully saturated rings. The van der Waals surface area contributed by atoms with Gasteiger partial charge in [-0.05, 0) is 38.0 Å². The molecule has 0 spiro atoms. The van der Waals surface area contributed by atoms with Crippen LogP contribution in [0.5, 0.6) is 0 Å². The minimum absolute atomic E-state index is 0.0233. The van der Waals surface area contributed by atoms with Gasteiger partial charge in [-0.1, -0.05) is 84.5 Å². The van der Waals surface area contributed by atoms with Crippen LogP contribution in [0.2, 0.25) is 0 Å². The Bertz CT molecular complexity index is 342. The highest BCUT2D eigenvalue weighted by Gasteiger charge is 2.24. The van der Waals surface area contributed by atoms with Crippen molar-refractivity contribution in [1.82, 2.24) is 0 Å². The zero-order valence-corrected chi connectivity index (χ0v) is 17.5. The molecule has 3 atom stereocenters. The number of aliphatic hydroxyl groups is 1. The molecule has 0 amide bonds. The van der Waals surface area contributed by atoms with Crippen molar-refractivity contribution in [3.63, 3.8) is 0 Å². The fourth-order valence-electron chi connectivity index (χ4n) is 4.10. The monoisotopic (exact) mass is 368 g/mol. The van der Waals surface area contributed by atoms with Gasteiger partial charge in [0.2, 0.25) is 0 Å². The molecule has 3 unspecified atom stereocenters. The van der Waals surface area contributed by atoms with E-state index in [1.165, 1.54) is 51.4 Å². The lowest BCUT2D eigenvalue weighted by Crippen LogP contribution is -2.26. The summed E-state index contributed by atoms with van der Waals surface area (Å²) < 4.78 is 5.69. The number of carbonyl (C=O) groups is 1. The van der Waals surface area contributed by atoms with Gasteiger partial charge < -0.3 is 9.84 Å². The van der Waals surface area contributed by atoms with E-state index in [2.05, 4.69) is 13.8 Å². The predicted molar refractivity (Wildman–Crippen MR) is 109 cm³/mol. The third-order valence-corrected chi connectivity index (χ3v) is 5.86. The van der Waals surface area contributed by atoms with Crippen molar-refractivity contribution in [3.8, 4) is 0 Å². The van der Waals surface area contributed by atoms with Gasteiger partial charge in [0.15, 0.2) is 0 Å². The molecule has 3 nitrogen and oxygen atoms in total. The molecule has 1 N–H and O–H groups in total. The predicted octanol–water partition coefficient (Wildman–Crippen LogP) is 6.42. The summed E-state index contributed by atoms with van der Waals surface area (Å²) in [7, 11) is 0. The van der Waals surface area contributed by atoms with E-state index >= 15 is 0 Å². The first kappa shape index (κ1) is 23.5. The highest BCUT2D eigenvalue weighted by molar-refractivity contribution is 5.72. The van der Waals surface area contributed by atoms with Crippen LogP contribution in [-0.2, 0) is 9.53 Å². The van der Waals surface area contributed by atoms with Crippen LogP contribution in [0.3, 0.4) is 0 Å². The summed E-state index contributed by atoms with van der Waals surface area (Å²) in [4.78, 5) is 12.6. The Hall–Kier alpha value is -0.570. The van der Waals surface area contributed by atoms with E-state index in [4.69, 9.17) is 4.74 Å². The summed E-state index contributed by atoms with van der Waals surface area (Å²) in [6.07, 6.45) is 18.1. The number of rotatable bonds is 15. The Kier molecular flexibility index (Phi) is 14.0. The largest absolute Gasteiger partial charge is 0.465 e. The first-order valence-corrected chi connectivity index (χ1v) is 11.5. The summed E-state index contributed by atoms with van der Waals surface area (Å²) in [6, 6.07) is 0. The van der Waals surface area contributed by atoms with Crippen molar-refractivity contribution in [2.45, 2.75) is 123 Å². The Balaban J connectivity index is 2.31. The van der Waals surface area contributed by atoms with Crippen LogP contribution in [0.1, 0.15) is 117 Å². The lowest BCUT2D eigenvalue weighted by atomic mass is 9.88. The zero-order valence-electron chi connectivity index (χ0n) is 17.5. The number of hydrogen-bond donors (Lipinski definition) is 1. The van der Waals surface area contributed by atoms with Crippen LogP contribution >= 0.6 is 0 Å². The Morgan fingerprint density at radius 2 is 1.50 bits per heavy atom. The summed E-state index contributed by atoms with van der Waals surface area (Å²) in [5.41, 5.74) is 0. The van der Waals surface area contributed by atoms with Crippen molar-refractivity contribution in [2.75, 3.05) is 6.61 Å². The van der Waals surface area contributed by atoms with Gasteiger partial charge in [0, 0.05) is 0 Å². The fraction of sp³-hybridized carbons (Fsp3) is 0.957. The SMILES string of the molecule is CCCCCCCCC(CCCCCC)C(=O)OCC1CCCC(O)C1. The third-order valence-electron chi connectivity index (χ3n) is 5.86. The maximum Gasteiger partial charge on any atom is 0.308 e. The van der Waals surface area contributed by atoms with E-state index in [0.29, 0.717) is 12.5 Å².